The van der Waals surface area contributed by atoms with Gasteiger partial charge in [-0.3, -0.25) is 5.10 Å². The van der Waals surface area contributed by atoms with E-state index in [-0.39, 0.29) is 12.6 Å². The van der Waals surface area contributed by atoms with Gasteiger partial charge in [0.15, 0.2) is 0 Å². The van der Waals surface area contributed by atoms with Crippen LogP contribution in [-0.4, -0.2) is 22.8 Å². The molecule has 0 spiro atoms. The van der Waals surface area contributed by atoms with Crippen LogP contribution < -0.4 is 10.6 Å². The molecule has 1 aromatic heterocycles. The largest absolute Gasteiger partial charge is 0.333 e. The van der Waals surface area contributed by atoms with Gasteiger partial charge in [-0.25, -0.2) is 4.79 Å². The molecule has 0 aliphatic carbocycles. The van der Waals surface area contributed by atoms with Crippen LogP contribution in [0.4, 0.5) is 4.79 Å². The van der Waals surface area contributed by atoms with Gasteiger partial charge in [0, 0.05) is 0 Å². The molecular weight excluding hydrogens is 192 g/mol. The molecule has 5 heteroatoms. The second-order valence-corrected chi connectivity index (χ2v) is 2.98. The summed E-state index contributed by atoms with van der Waals surface area (Å²) in [6, 6.07) is 1.64. The van der Waals surface area contributed by atoms with Crippen molar-refractivity contribution < 1.29 is 4.79 Å². The van der Waals surface area contributed by atoms with E-state index in [1.54, 1.807) is 0 Å². The number of urea groups is 1. The average Bonchev–Trinajstić information content (AvgIpc) is 2.71. The van der Waals surface area contributed by atoms with Crippen molar-refractivity contribution in [2.75, 3.05) is 6.54 Å². The maximum atomic E-state index is 11.1. The molecule has 5 nitrogen and oxygen atoms in total. The Kier molecular flexibility index (Phi) is 4.23. The Balaban J connectivity index is 2.31. The van der Waals surface area contributed by atoms with Crippen LogP contribution in [0.3, 0.4) is 0 Å². The van der Waals surface area contributed by atoms with Gasteiger partial charge in [0.25, 0.3) is 0 Å². The lowest BCUT2D eigenvalue weighted by molar-refractivity contribution is 0.241. The molecule has 0 atom stereocenters. The van der Waals surface area contributed by atoms with Crippen LogP contribution in [0.25, 0.3) is 0 Å². The lowest BCUT2D eigenvalue weighted by atomic mass is 10.3. The SMILES string of the molecule is C#CCNC(=O)NCc1cc(CC)n[nH]1. The molecule has 0 saturated heterocycles. The first-order valence-electron chi connectivity index (χ1n) is 4.74. The highest BCUT2D eigenvalue weighted by atomic mass is 16.2. The molecule has 2 amide bonds. The minimum absolute atomic E-state index is 0.231. The fraction of sp³-hybridized carbons (Fsp3) is 0.400. The predicted molar refractivity (Wildman–Crippen MR) is 57.0 cm³/mol. The zero-order valence-electron chi connectivity index (χ0n) is 8.63. The van der Waals surface area contributed by atoms with E-state index in [1.807, 2.05) is 13.0 Å². The molecule has 0 saturated carbocycles. The predicted octanol–water partition coefficient (Wildman–Crippen LogP) is 0.404. The van der Waals surface area contributed by atoms with Crippen molar-refractivity contribution in [2.45, 2.75) is 19.9 Å². The van der Waals surface area contributed by atoms with E-state index in [1.165, 1.54) is 0 Å². The van der Waals surface area contributed by atoms with Crippen LogP contribution in [0.2, 0.25) is 0 Å². The van der Waals surface area contributed by atoms with Crippen molar-refractivity contribution in [2.24, 2.45) is 0 Å². The summed E-state index contributed by atoms with van der Waals surface area (Å²) in [7, 11) is 0. The van der Waals surface area contributed by atoms with E-state index in [4.69, 9.17) is 6.42 Å². The van der Waals surface area contributed by atoms with Crippen molar-refractivity contribution in [3.63, 3.8) is 0 Å². The van der Waals surface area contributed by atoms with Gasteiger partial charge in [-0.2, -0.15) is 5.10 Å². The van der Waals surface area contributed by atoms with Gasteiger partial charge < -0.3 is 10.6 Å². The summed E-state index contributed by atoms with van der Waals surface area (Å²) in [6.07, 6.45) is 5.87. The number of rotatable bonds is 4. The van der Waals surface area contributed by atoms with Gasteiger partial charge in [-0.05, 0) is 12.5 Å². The number of carbonyl (C=O) groups excluding carboxylic acids is 1. The van der Waals surface area contributed by atoms with Gasteiger partial charge in [0.1, 0.15) is 0 Å². The Labute approximate surface area is 88.6 Å². The molecule has 0 aliphatic rings. The maximum Gasteiger partial charge on any atom is 0.315 e. The topological polar surface area (TPSA) is 69.8 Å². The van der Waals surface area contributed by atoms with Crippen molar-refractivity contribution in [3.05, 3.63) is 17.5 Å². The molecule has 1 aromatic rings. The zero-order chi connectivity index (χ0) is 11.1. The maximum absolute atomic E-state index is 11.1. The number of nitrogens with zero attached hydrogens (tertiary/aromatic N) is 1. The van der Waals surface area contributed by atoms with Crippen molar-refractivity contribution in [1.82, 2.24) is 20.8 Å². The number of amides is 2. The van der Waals surface area contributed by atoms with Gasteiger partial charge in [0.2, 0.25) is 0 Å². The van der Waals surface area contributed by atoms with Crippen molar-refractivity contribution in [3.8, 4) is 12.3 Å². The van der Waals surface area contributed by atoms with Crippen LogP contribution in [0.5, 0.6) is 0 Å². The fourth-order valence-corrected chi connectivity index (χ4v) is 1.05. The summed E-state index contributed by atoms with van der Waals surface area (Å²) in [5.74, 6) is 2.32. The van der Waals surface area contributed by atoms with Crippen LogP contribution in [0, 0.1) is 12.3 Å². The molecule has 3 N–H and O–H groups in total. The summed E-state index contributed by atoms with van der Waals surface area (Å²) in [5.41, 5.74) is 1.86. The molecule has 0 unspecified atom stereocenters. The van der Waals surface area contributed by atoms with Gasteiger partial charge in [0.05, 0.1) is 24.5 Å². The highest BCUT2D eigenvalue weighted by Crippen LogP contribution is 1.99. The number of hydrogen-bond acceptors (Lipinski definition) is 2. The number of H-pyrrole nitrogens is 1. The molecule has 0 radical (unpaired) electrons. The molecule has 0 aliphatic heterocycles. The molecule has 0 aromatic carbocycles. The Hall–Kier alpha value is -1.96. The lowest BCUT2D eigenvalue weighted by Crippen LogP contribution is -2.35. The summed E-state index contributed by atoms with van der Waals surface area (Å²) >= 11 is 0. The van der Waals surface area contributed by atoms with Gasteiger partial charge >= 0.3 is 6.03 Å². The first kappa shape index (κ1) is 11.1. The number of hydrogen-bond donors (Lipinski definition) is 3. The number of carbonyl (C=O) groups is 1. The summed E-state index contributed by atoms with van der Waals surface area (Å²) in [4.78, 5) is 11.1. The molecular formula is C10H14N4O. The molecule has 0 bridgehead atoms. The van der Waals surface area contributed by atoms with Crippen molar-refractivity contribution in [1.29, 1.82) is 0 Å². The normalized spacial score (nSPS) is 9.33. The van der Waals surface area contributed by atoms with Crippen LogP contribution in [0.15, 0.2) is 6.07 Å². The Morgan fingerprint density at radius 1 is 1.67 bits per heavy atom. The number of aryl methyl sites for hydroxylation is 1. The average molecular weight is 206 g/mol. The summed E-state index contributed by atoms with van der Waals surface area (Å²) < 4.78 is 0. The quantitative estimate of drug-likeness (QED) is 0.624. The second-order valence-electron chi connectivity index (χ2n) is 2.98. The number of terminal acetylenes is 1. The first-order valence-corrected chi connectivity index (χ1v) is 4.74. The molecule has 1 rings (SSSR count). The van der Waals surface area contributed by atoms with E-state index in [2.05, 4.69) is 26.8 Å². The third kappa shape index (κ3) is 3.73. The van der Waals surface area contributed by atoms with Crippen LogP contribution in [-0.2, 0) is 13.0 Å². The molecule has 15 heavy (non-hydrogen) atoms. The summed E-state index contributed by atoms with van der Waals surface area (Å²) in [5, 5.41) is 12.0. The van der Waals surface area contributed by atoms with E-state index >= 15 is 0 Å². The smallest absolute Gasteiger partial charge is 0.315 e. The standard InChI is InChI=1S/C10H14N4O/c1-3-5-11-10(15)12-7-9-6-8(4-2)13-14-9/h1,6H,4-5,7H2,2H3,(H,13,14)(H2,11,12,15). The van der Waals surface area contributed by atoms with E-state index in [9.17, 15) is 4.79 Å². The third-order valence-corrected chi connectivity index (χ3v) is 1.84. The number of aromatic amines is 1. The number of nitrogens with one attached hydrogen (secondary N) is 3. The minimum Gasteiger partial charge on any atom is -0.333 e. The monoisotopic (exact) mass is 206 g/mol. The highest BCUT2D eigenvalue weighted by molar-refractivity contribution is 5.74. The fourth-order valence-electron chi connectivity index (χ4n) is 1.05. The molecule has 1 heterocycles. The third-order valence-electron chi connectivity index (χ3n) is 1.84. The van der Waals surface area contributed by atoms with Gasteiger partial charge in [-0.1, -0.05) is 12.8 Å². The van der Waals surface area contributed by atoms with Crippen LogP contribution >= 0.6 is 0 Å². The van der Waals surface area contributed by atoms with Crippen LogP contribution in [0.1, 0.15) is 18.3 Å². The van der Waals surface area contributed by atoms with E-state index < -0.39 is 0 Å². The highest BCUT2D eigenvalue weighted by Gasteiger charge is 2.01. The minimum atomic E-state index is -0.277. The van der Waals surface area contributed by atoms with Gasteiger partial charge in [-0.15, -0.1) is 6.42 Å². The summed E-state index contributed by atoms with van der Waals surface area (Å²) in [6.45, 7) is 2.67. The first-order chi connectivity index (χ1) is 7.26. The molecule has 80 valence electrons. The van der Waals surface area contributed by atoms with Crippen molar-refractivity contribution >= 4 is 6.03 Å². The van der Waals surface area contributed by atoms with E-state index in [0.29, 0.717) is 6.54 Å². The lowest BCUT2D eigenvalue weighted by Gasteiger charge is -2.02. The zero-order valence-corrected chi connectivity index (χ0v) is 8.63. The Bertz CT molecular complexity index is 364. The van der Waals surface area contributed by atoms with E-state index in [0.717, 1.165) is 17.8 Å². The Morgan fingerprint density at radius 3 is 3.07 bits per heavy atom. The Morgan fingerprint density at radius 2 is 2.47 bits per heavy atom. The second kappa shape index (κ2) is 5.70. The number of aromatic nitrogens is 2. The molecule has 0 fully saturated rings.